The predicted octanol–water partition coefficient (Wildman–Crippen LogP) is 4.79. The molecule has 122 valence electrons. The quantitative estimate of drug-likeness (QED) is 0.835. The van der Waals surface area contributed by atoms with Crippen LogP contribution in [0.2, 0.25) is 0 Å². The lowest BCUT2D eigenvalue weighted by Crippen LogP contribution is -2.58. The Hall–Kier alpha value is -1.28. The summed E-state index contributed by atoms with van der Waals surface area (Å²) in [6.45, 7) is 3.22. The molecule has 4 fully saturated rings. The van der Waals surface area contributed by atoms with Crippen LogP contribution >= 0.6 is 0 Å². The fourth-order valence-corrected chi connectivity index (χ4v) is 6.16. The van der Waals surface area contributed by atoms with Crippen molar-refractivity contribution in [2.45, 2.75) is 64.0 Å². The van der Waals surface area contributed by atoms with E-state index in [0.29, 0.717) is 5.54 Å². The van der Waals surface area contributed by atoms with Gasteiger partial charge in [-0.3, -0.25) is 0 Å². The summed E-state index contributed by atoms with van der Waals surface area (Å²) in [4.78, 5) is 3.64. The van der Waals surface area contributed by atoms with Gasteiger partial charge in [0.1, 0.15) is 0 Å². The summed E-state index contributed by atoms with van der Waals surface area (Å²) in [5.41, 5.74) is 4.52. The zero-order chi connectivity index (χ0) is 15.4. The third kappa shape index (κ3) is 2.42. The van der Waals surface area contributed by atoms with Crippen molar-refractivity contribution in [3.8, 4) is 0 Å². The Morgan fingerprint density at radius 1 is 1.04 bits per heavy atom. The van der Waals surface area contributed by atoms with Crippen LogP contribution in [0.25, 0.3) is 10.9 Å². The minimum atomic E-state index is 0.459. The molecule has 0 radical (unpaired) electrons. The van der Waals surface area contributed by atoms with E-state index in [2.05, 4.69) is 41.5 Å². The van der Waals surface area contributed by atoms with Gasteiger partial charge in [-0.05, 0) is 85.8 Å². The average Bonchev–Trinajstić information content (AvgIpc) is 2.93. The van der Waals surface area contributed by atoms with E-state index in [1.165, 1.54) is 60.7 Å². The van der Waals surface area contributed by atoms with Crippen molar-refractivity contribution >= 4 is 10.9 Å². The number of benzene rings is 1. The summed E-state index contributed by atoms with van der Waals surface area (Å²) in [6.07, 6.45) is 9.96. The van der Waals surface area contributed by atoms with Crippen LogP contribution in [-0.4, -0.2) is 10.5 Å². The molecular weight excluding hydrogens is 280 g/mol. The number of H-pyrrole nitrogens is 1. The molecule has 0 spiro atoms. The standard InChI is InChI=1S/C21H28N2/c1-2-14-3-4-18-9-19(23-20(18)8-14)13-22-21-10-15-5-16(11-21)7-17(6-15)12-21/h3-4,8-9,15-17,22-23H,2,5-7,10-13H2,1H3. The molecule has 4 bridgehead atoms. The van der Waals surface area contributed by atoms with Gasteiger partial charge in [-0.25, -0.2) is 0 Å². The molecule has 2 N–H and O–H groups in total. The van der Waals surface area contributed by atoms with Crippen molar-refractivity contribution < 1.29 is 0 Å². The molecule has 2 aromatic rings. The van der Waals surface area contributed by atoms with E-state index in [-0.39, 0.29) is 0 Å². The Morgan fingerprint density at radius 3 is 2.39 bits per heavy atom. The van der Waals surface area contributed by atoms with Crippen molar-refractivity contribution in [3.63, 3.8) is 0 Å². The number of fused-ring (bicyclic) bond motifs is 1. The Balaban J connectivity index is 1.34. The second-order valence-electron chi connectivity index (χ2n) is 8.62. The third-order valence-electron chi connectivity index (χ3n) is 6.84. The fraction of sp³-hybridized carbons (Fsp3) is 0.619. The molecule has 1 aromatic heterocycles. The molecule has 1 aromatic carbocycles. The summed E-state index contributed by atoms with van der Waals surface area (Å²) < 4.78 is 0. The highest BCUT2D eigenvalue weighted by atomic mass is 15.0. The Bertz CT molecular complexity index is 691. The van der Waals surface area contributed by atoms with Crippen molar-refractivity contribution in [3.05, 3.63) is 35.5 Å². The van der Waals surface area contributed by atoms with Gasteiger partial charge in [0, 0.05) is 23.3 Å². The lowest BCUT2D eigenvalue weighted by Gasteiger charge is -2.57. The van der Waals surface area contributed by atoms with Gasteiger partial charge in [0.05, 0.1) is 0 Å². The normalized spacial score (nSPS) is 35.3. The molecular formula is C21H28N2. The summed E-state index contributed by atoms with van der Waals surface area (Å²) in [7, 11) is 0. The maximum atomic E-state index is 4.00. The maximum Gasteiger partial charge on any atom is 0.0459 e. The van der Waals surface area contributed by atoms with Gasteiger partial charge >= 0.3 is 0 Å². The topological polar surface area (TPSA) is 27.8 Å². The summed E-state index contributed by atoms with van der Waals surface area (Å²) in [6, 6.07) is 9.16. The monoisotopic (exact) mass is 308 g/mol. The predicted molar refractivity (Wildman–Crippen MR) is 95.4 cm³/mol. The molecule has 4 saturated carbocycles. The molecule has 2 heteroatoms. The smallest absolute Gasteiger partial charge is 0.0459 e. The summed E-state index contributed by atoms with van der Waals surface area (Å²) in [5.74, 6) is 3.05. The number of aromatic nitrogens is 1. The zero-order valence-corrected chi connectivity index (χ0v) is 14.2. The van der Waals surface area contributed by atoms with E-state index in [1.807, 2.05) is 0 Å². The van der Waals surface area contributed by atoms with E-state index in [0.717, 1.165) is 30.7 Å². The van der Waals surface area contributed by atoms with Crippen LogP contribution in [0.15, 0.2) is 24.3 Å². The molecule has 4 aliphatic carbocycles. The minimum absolute atomic E-state index is 0.459. The molecule has 4 aliphatic rings. The molecule has 0 amide bonds. The third-order valence-corrected chi connectivity index (χ3v) is 6.84. The molecule has 23 heavy (non-hydrogen) atoms. The second kappa shape index (κ2) is 5.11. The van der Waals surface area contributed by atoms with Gasteiger partial charge in [-0.1, -0.05) is 19.1 Å². The highest BCUT2D eigenvalue weighted by Gasteiger charge is 2.50. The average molecular weight is 308 g/mol. The first-order valence-corrected chi connectivity index (χ1v) is 9.57. The highest BCUT2D eigenvalue weighted by Crippen LogP contribution is 2.55. The number of rotatable bonds is 4. The van der Waals surface area contributed by atoms with Gasteiger partial charge < -0.3 is 10.3 Å². The van der Waals surface area contributed by atoms with Gasteiger partial charge in [0.15, 0.2) is 0 Å². The number of aryl methyl sites for hydroxylation is 1. The van der Waals surface area contributed by atoms with Crippen molar-refractivity contribution in [1.29, 1.82) is 0 Å². The maximum absolute atomic E-state index is 4.00. The number of nitrogens with one attached hydrogen (secondary N) is 2. The van der Waals surface area contributed by atoms with Crippen molar-refractivity contribution in [1.82, 2.24) is 10.3 Å². The first-order chi connectivity index (χ1) is 11.2. The van der Waals surface area contributed by atoms with Crippen LogP contribution in [0, 0.1) is 17.8 Å². The van der Waals surface area contributed by atoms with E-state index >= 15 is 0 Å². The first-order valence-electron chi connectivity index (χ1n) is 9.57. The SMILES string of the molecule is CCc1ccc2cc(CNC34CC5CC(CC(C5)C3)C4)[nH]c2c1. The van der Waals surface area contributed by atoms with Gasteiger partial charge in [0.2, 0.25) is 0 Å². The summed E-state index contributed by atoms with van der Waals surface area (Å²) >= 11 is 0. The molecule has 0 atom stereocenters. The molecule has 0 aliphatic heterocycles. The van der Waals surface area contributed by atoms with Crippen molar-refractivity contribution in [2.75, 3.05) is 0 Å². The number of hydrogen-bond donors (Lipinski definition) is 2. The number of hydrogen-bond acceptors (Lipinski definition) is 1. The fourth-order valence-electron chi connectivity index (χ4n) is 6.16. The first kappa shape index (κ1) is 14.1. The lowest BCUT2D eigenvalue weighted by molar-refractivity contribution is -0.0207. The van der Waals surface area contributed by atoms with E-state index in [4.69, 9.17) is 0 Å². The second-order valence-corrected chi connectivity index (χ2v) is 8.62. The molecule has 0 unspecified atom stereocenters. The summed E-state index contributed by atoms with van der Waals surface area (Å²) in [5, 5.41) is 5.35. The van der Waals surface area contributed by atoms with Crippen LogP contribution in [0.5, 0.6) is 0 Å². The van der Waals surface area contributed by atoms with E-state index in [9.17, 15) is 0 Å². The number of aromatic amines is 1. The van der Waals surface area contributed by atoms with Gasteiger partial charge in [-0.2, -0.15) is 0 Å². The van der Waals surface area contributed by atoms with Crippen LogP contribution in [0.3, 0.4) is 0 Å². The molecule has 6 rings (SSSR count). The van der Waals surface area contributed by atoms with Crippen LogP contribution in [-0.2, 0) is 13.0 Å². The molecule has 1 heterocycles. The van der Waals surface area contributed by atoms with Crippen molar-refractivity contribution in [2.24, 2.45) is 17.8 Å². The Kier molecular flexibility index (Phi) is 3.13. The molecule has 2 nitrogen and oxygen atoms in total. The van der Waals surface area contributed by atoms with E-state index in [1.54, 1.807) is 0 Å². The zero-order valence-electron chi connectivity index (χ0n) is 14.2. The van der Waals surface area contributed by atoms with Gasteiger partial charge in [-0.15, -0.1) is 0 Å². The van der Waals surface area contributed by atoms with Crippen LogP contribution < -0.4 is 5.32 Å². The Morgan fingerprint density at radius 2 is 1.74 bits per heavy atom. The van der Waals surface area contributed by atoms with Crippen LogP contribution in [0.1, 0.15) is 56.7 Å². The minimum Gasteiger partial charge on any atom is -0.357 e. The van der Waals surface area contributed by atoms with E-state index < -0.39 is 0 Å². The van der Waals surface area contributed by atoms with Crippen LogP contribution in [0.4, 0.5) is 0 Å². The Labute approximate surface area is 139 Å². The largest absolute Gasteiger partial charge is 0.357 e. The lowest BCUT2D eigenvalue weighted by atomic mass is 9.53. The molecule has 0 saturated heterocycles. The highest BCUT2D eigenvalue weighted by molar-refractivity contribution is 5.81. The van der Waals surface area contributed by atoms with Gasteiger partial charge in [0.25, 0.3) is 0 Å².